The van der Waals surface area contributed by atoms with Crippen molar-refractivity contribution in [3.63, 3.8) is 0 Å². The van der Waals surface area contributed by atoms with Gasteiger partial charge in [-0.05, 0) is 19.2 Å². The molecule has 0 spiro atoms. The maximum atomic E-state index is 5.89. The van der Waals surface area contributed by atoms with Gasteiger partial charge in [-0.2, -0.15) is 0 Å². The summed E-state index contributed by atoms with van der Waals surface area (Å²) in [4.78, 5) is 8.73. The lowest BCUT2D eigenvalue weighted by molar-refractivity contribution is 0.707. The van der Waals surface area contributed by atoms with Crippen molar-refractivity contribution in [2.45, 2.75) is 18.0 Å². The van der Waals surface area contributed by atoms with E-state index in [1.807, 2.05) is 6.26 Å². The molecule has 0 radical (unpaired) electrons. The molecule has 0 aromatic carbocycles. The van der Waals surface area contributed by atoms with Gasteiger partial charge >= 0.3 is 0 Å². The van der Waals surface area contributed by atoms with E-state index in [2.05, 4.69) is 15.3 Å². The summed E-state index contributed by atoms with van der Waals surface area (Å²) >= 11 is 1.54. The van der Waals surface area contributed by atoms with Gasteiger partial charge in [0.15, 0.2) is 5.16 Å². The minimum Gasteiger partial charge on any atom is -0.383 e. The molecule has 0 unspecified atom stereocenters. The van der Waals surface area contributed by atoms with Crippen LogP contribution in [0.2, 0.25) is 0 Å². The predicted molar refractivity (Wildman–Crippen MR) is 58.5 cm³/mol. The molecule has 5 heteroatoms. The minimum atomic E-state index is 0.656. The van der Waals surface area contributed by atoms with Crippen molar-refractivity contribution in [2.24, 2.45) is 0 Å². The van der Waals surface area contributed by atoms with E-state index < -0.39 is 0 Å². The molecule has 4 nitrogen and oxygen atoms in total. The Morgan fingerprint density at radius 2 is 2.07 bits per heavy atom. The molecule has 3 N–H and O–H groups in total. The first-order chi connectivity index (χ1) is 6.81. The molecule has 0 bridgehead atoms. The molecular formula is C9H14N4S. The highest BCUT2D eigenvalue weighted by Gasteiger charge is 2.14. The Balaban J connectivity index is 2.43. The molecular weight excluding hydrogens is 196 g/mol. The second-order valence-corrected chi connectivity index (χ2v) is 4.04. The maximum absolute atomic E-state index is 5.89. The number of nitrogens with zero attached hydrogens (tertiary/aromatic N) is 2. The van der Waals surface area contributed by atoms with Gasteiger partial charge in [0.05, 0.1) is 5.69 Å². The number of nitrogen functional groups attached to an aromatic ring is 1. The Morgan fingerprint density at radius 3 is 2.86 bits per heavy atom. The monoisotopic (exact) mass is 210 g/mol. The summed E-state index contributed by atoms with van der Waals surface area (Å²) in [6.07, 6.45) is 3.86. The lowest BCUT2D eigenvalue weighted by atomic mass is 10.1. The lowest BCUT2D eigenvalue weighted by Gasteiger charge is -2.08. The van der Waals surface area contributed by atoms with Gasteiger partial charge in [0.2, 0.25) is 0 Å². The fourth-order valence-corrected chi connectivity index (χ4v) is 2.03. The summed E-state index contributed by atoms with van der Waals surface area (Å²) in [5, 5.41) is 4.11. The highest BCUT2D eigenvalue weighted by atomic mass is 32.2. The minimum absolute atomic E-state index is 0.656. The molecule has 14 heavy (non-hydrogen) atoms. The quantitative estimate of drug-likeness (QED) is 0.521. The summed E-state index contributed by atoms with van der Waals surface area (Å²) in [6.45, 7) is 1.95. The van der Waals surface area contributed by atoms with Crippen LogP contribution >= 0.6 is 11.8 Å². The molecule has 1 aromatic rings. The van der Waals surface area contributed by atoms with Crippen LogP contribution < -0.4 is 11.1 Å². The van der Waals surface area contributed by atoms with Crippen molar-refractivity contribution in [2.75, 3.05) is 25.1 Å². The number of aromatic nitrogens is 2. The number of anilines is 1. The third kappa shape index (κ3) is 1.83. The van der Waals surface area contributed by atoms with Gasteiger partial charge in [0.25, 0.3) is 0 Å². The fraction of sp³-hybridized carbons (Fsp3) is 0.556. The number of thioether (sulfide) groups is 1. The maximum Gasteiger partial charge on any atom is 0.189 e. The first-order valence-corrected chi connectivity index (χ1v) is 5.93. The Labute approximate surface area is 87.7 Å². The topological polar surface area (TPSA) is 63.8 Å². The molecule has 0 amide bonds. The average Bonchev–Trinajstić information content (AvgIpc) is 2.42. The first kappa shape index (κ1) is 9.73. The Hall–Kier alpha value is -0.810. The highest BCUT2D eigenvalue weighted by Crippen LogP contribution is 2.20. The predicted octanol–water partition coefficient (Wildman–Crippen LogP) is 0.469. The summed E-state index contributed by atoms with van der Waals surface area (Å²) in [6, 6.07) is 0. The van der Waals surface area contributed by atoms with E-state index in [9.17, 15) is 0 Å². The molecule has 1 aliphatic rings. The van der Waals surface area contributed by atoms with E-state index in [4.69, 9.17) is 5.73 Å². The van der Waals surface area contributed by atoms with Crippen LogP contribution in [0.4, 0.5) is 5.82 Å². The third-order valence-corrected chi connectivity index (χ3v) is 2.92. The number of fused-ring (bicyclic) bond motifs is 1. The van der Waals surface area contributed by atoms with Gasteiger partial charge in [-0.3, -0.25) is 0 Å². The summed E-state index contributed by atoms with van der Waals surface area (Å²) in [7, 11) is 0. The van der Waals surface area contributed by atoms with E-state index in [0.29, 0.717) is 5.82 Å². The molecule has 0 saturated carbocycles. The zero-order valence-electron chi connectivity index (χ0n) is 8.21. The molecule has 2 rings (SSSR count). The van der Waals surface area contributed by atoms with Crippen LogP contribution in [-0.2, 0) is 12.8 Å². The van der Waals surface area contributed by atoms with Crippen LogP contribution in [0.5, 0.6) is 0 Å². The van der Waals surface area contributed by atoms with E-state index in [1.165, 1.54) is 11.8 Å². The zero-order valence-corrected chi connectivity index (χ0v) is 9.02. The van der Waals surface area contributed by atoms with Crippen molar-refractivity contribution >= 4 is 17.6 Å². The SMILES string of the molecule is CSc1nc(N)c2c(n1)CCNCC2. The van der Waals surface area contributed by atoms with Crippen LogP contribution in [-0.4, -0.2) is 29.3 Å². The average molecular weight is 210 g/mol. The van der Waals surface area contributed by atoms with E-state index >= 15 is 0 Å². The van der Waals surface area contributed by atoms with Crippen molar-refractivity contribution in [1.82, 2.24) is 15.3 Å². The van der Waals surface area contributed by atoms with Crippen molar-refractivity contribution in [3.8, 4) is 0 Å². The number of hydrogen-bond donors (Lipinski definition) is 2. The van der Waals surface area contributed by atoms with Crippen molar-refractivity contribution < 1.29 is 0 Å². The number of nitrogens with one attached hydrogen (secondary N) is 1. The van der Waals surface area contributed by atoms with Crippen molar-refractivity contribution in [1.29, 1.82) is 0 Å². The smallest absolute Gasteiger partial charge is 0.189 e. The molecule has 0 saturated heterocycles. The number of nitrogens with two attached hydrogens (primary N) is 1. The normalized spacial score (nSPS) is 16.1. The lowest BCUT2D eigenvalue weighted by Crippen LogP contribution is -2.16. The Kier molecular flexibility index (Phi) is 2.88. The second kappa shape index (κ2) is 4.14. The summed E-state index contributed by atoms with van der Waals surface area (Å²) in [5.41, 5.74) is 8.14. The fourth-order valence-electron chi connectivity index (χ4n) is 1.64. The van der Waals surface area contributed by atoms with Crippen molar-refractivity contribution in [3.05, 3.63) is 11.3 Å². The zero-order chi connectivity index (χ0) is 9.97. The second-order valence-electron chi connectivity index (χ2n) is 3.27. The third-order valence-electron chi connectivity index (χ3n) is 2.38. The van der Waals surface area contributed by atoms with Crippen LogP contribution in [0.15, 0.2) is 5.16 Å². The van der Waals surface area contributed by atoms with Crippen LogP contribution in [0.3, 0.4) is 0 Å². The molecule has 1 aliphatic heterocycles. The van der Waals surface area contributed by atoms with Gasteiger partial charge in [0, 0.05) is 18.5 Å². The number of hydrogen-bond acceptors (Lipinski definition) is 5. The summed E-state index contributed by atoms with van der Waals surface area (Å²) in [5.74, 6) is 0.656. The van der Waals surface area contributed by atoms with Crippen LogP contribution in [0.1, 0.15) is 11.3 Å². The first-order valence-electron chi connectivity index (χ1n) is 4.71. The van der Waals surface area contributed by atoms with E-state index in [-0.39, 0.29) is 0 Å². The van der Waals surface area contributed by atoms with Crippen LogP contribution in [0, 0.1) is 0 Å². The van der Waals surface area contributed by atoms with E-state index in [0.717, 1.165) is 42.3 Å². The van der Waals surface area contributed by atoms with Gasteiger partial charge < -0.3 is 11.1 Å². The van der Waals surface area contributed by atoms with Crippen LogP contribution in [0.25, 0.3) is 0 Å². The van der Waals surface area contributed by atoms with Gasteiger partial charge in [-0.25, -0.2) is 9.97 Å². The molecule has 76 valence electrons. The molecule has 1 aromatic heterocycles. The Morgan fingerprint density at radius 1 is 1.29 bits per heavy atom. The molecule has 0 aliphatic carbocycles. The standard InChI is InChI=1S/C9H14N4S/c1-14-9-12-7-3-5-11-4-2-6(7)8(10)13-9/h11H,2-5H2,1H3,(H2,10,12,13). The van der Waals surface area contributed by atoms with Gasteiger partial charge in [-0.1, -0.05) is 11.8 Å². The largest absolute Gasteiger partial charge is 0.383 e. The molecule has 0 fully saturated rings. The Bertz CT molecular complexity index is 340. The molecule has 0 atom stereocenters. The van der Waals surface area contributed by atoms with Gasteiger partial charge in [-0.15, -0.1) is 0 Å². The van der Waals surface area contributed by atoms with E-state index in [1.54, 1.807) is 0 Å². The summed E-state index contributed by atoms with van der Waals surface area (Å²) < 4.78 is 0. The number of rotatable bonds is 1. The highest BCUT2D eigenvalue weighted by molar-refractivity contribution is 7.98. The van der Waals surface area contributed by atoms with Gasteiger partial charge in [0.1, 0.15) is 5.82 Å². The molecule has 2 heterocycles.